The Morgan fingerprint density at radius 1 is 0.760 bits per heavy atom. The summed E-state index contributed by atoms with van der Waals surface area (Å²) in [7, 11) is 0. The summed E-state index contributed by atoms with van der Waals surface area (Å²) in [6, 6.07) is 25.7. The summed E-state index contributed by atoms with van der Waals surface area (Å²) in [5.41, 5.74) is 3.77. The lowest BCUT2D eigenvalue weighted by Gasteiger charge is -2.06. The van der Waals surface area contributed by atoms with E-state index in [-0.39, 0.29) is 5.56 Å². The molecule has 0 bridgehead atoms. The normalized spacial score (nSPS) is 11.5. The second kappa shape index (κ2) is 5.31. The predicted molar refractivity (Wildman–Crippen MR) is 100 cm³/mol. The molecule has 0 unspecified atom stereocenters. The van der Waals surface area contributed by atoms with Crippen LogP contribution in [-0.2, 0) is 6.54 Å². The fraction of sp³-hybridized carbons (Fsp3) is 0.0476. The van der Waals surface area contributed by atoms with Crippen LogP contribution >= 0.6 is 0 Å². The highest BCUT2D eigenvalue weighted by molar-refractivity contribution is 5.86. The molecule has 0 aliphatic carbocycles. The van der Waals surface area contributed by atoms with Crippen molar-refractivity contribution in [3.63, 3.8) is 0 Å². The molecular formula is C21H15N3O. The van der Waals surface area contributed by atoms with Crippen molar-refractivity contribution in [2.45, 2.75) is 6.54 Å². The van der Waals surface area contributed by atoms with E-state index < -0.39 is 0 Å². The molecular weight excluding hydrogens is 310 g/mol. The molecule has 0 N–H and O–H groups in total. The first kappa shape index (κ1) is 14.0. The van der Waals surface area contributed by atoms with Gasteiger partial charge in [-0.15, -0.1) is 0 Å². The third-order valence-corrected chi connectivity index (χ3v) is 4.60. The van der Waals surface area contributed by atoms with E-state index in [1.54, 1.807) is 4.40 Å². The fourth-order valence-corrected chi connectivity index (χ4v) is 3.43. The molecule has 5 rings (SSSR count). The first-order valence-corrected chi connectivity index (χ1v) is 8.25. The van der Waals surface area contributed by atoms with Crippen LogP contribution in [-0.4, -0.2) is 14.0 Å². The Morgan fingerprint density at radius 2 is 1.44 bits per heavy atom. The first-order valence-electron chi connectivity index (χ1n) is 8.25. The number of rotatable bonds is 2. The molecule has 0 saturated carbocycles. The second-order valence-corrected chi connectivity index (χ2v) is 6.13. The zero-order valence-electron chi connectivity index (χ0n) is 13.5. The molecule has 3 aromatic carbocycles. The Labute approximate surface area is 143 Å². The van der Waals surface area contributed by atoms with Gasteiger partial charge in [0.1, 0.15) is 0 Å². The van der Waals surface area contributed by atoms with Crippen molar-refractivity contribution in [1.29, 1.82) is 0 Å². The highest BCUT2D eigenvalue weighted by Crippen LogP contribution is 2.21. The average molecular weight is 325 g/mol. The maximum atomic E-state index is 13.1. The van der Waals surface area contributed by atoms with Crippen molar-refractivity contribution in [3.8, 4) is 0 Å². The van der Waals surface area contributed by atoms with E-state index in [2.05, 4.69) is 16.7 Å². The number of imidazole rings is 1. The molecule has 120 valence electrons. The second-order valence-electron chi connectivity index (χ2n) is 6.13. The van der Waals surface area contributed by atoms with Crippen LogP contribution in [0.4, 0.5) is 0 Å². The Balaban J connectivity index is 1.93. The first-order chi connectivity index (χ1) is 12.3. The monoisotopic (exact) mass is 325 g/mol. The van der Waals surface area contributed by atoms with Crippen LogP contribution < -0.4 is 5.56 Å². The zero-order valence-corrected chi connectivity index (χ0v) is 13.5. The zero-order chi connectivity index (χ0) is 16.8. The van der Waals surface area contributed by atoms with Gasteiger partial charge in [-0.05, 0) is 29.8 Å². The Kier molecular flexibility index (Phi) is 2.97. The van der Waals surface area contributed by atoms with Gasteiger partial charge in [0.05, 0.1) is 28.5 Å². The molecule has 0 spiro atoms. The third kappa shape index (κ3) is 2.08. The minimum atomic E-state index is -0.0244. The van der Waals surface area contributed by atoms with E-state index >= 15 is 0 Å². The van der Waals surface area contributed by atoms with E-state index in [0.29, 0.717) is 17.7 Å². The van der Waals surface area contributed by atoms with E-state index in [1.165, 1.54) is 5.56 Å². The van der Waals surface area contributed by atoms with Crippen molar-refractivity contribution in [2.24, 2.45) is 0 Å². The number of aromatic nitrogens is 3. The molecule has 4 nitrogen and oxygen atoms in total. The summed E-state index contributed by atoms with van der Waals surface area (Å²) in [5, 5.41) is 0.641. The third-order valence-electron chi connectivity index (χ3n) is 4.60. The number of benzene rings is 3. The average Bonchev–Trinajstić information content (AvgIpc) is 2.97. The number of hydrogen-bond donors (Lipinski definition) is 0. The van der Waals surface area contributed by atoms with Gasteiger partial charge < -0.3 is 4.57 Å². The molecule has 5 aromatic rings. The standard InChI is InChI=1S/C21H15N3O/c25-20-16-10-4-5-11-17(16)22-21-23(14-15-8-2-1-3-9-15)18-12-6-7-13-19(18)24(20)21/h1-13H,14H2. The number of nitrogens with zero attached hydrogens (tertiary/aromatic N) is 3. The van der Waals surface area contributed by atoms with E-state index in [4.69, 9.17) is 4.98 Å². The van der Waals surface area contributed by atoms with Gasteiger partial charge in [0.2, 0.25) is 5.78 Å². The molecule has 2 heterocycles. The minimum Gasteiger partial charge on any atom is -0.305 e. The van der Waals surface area contributed by atoms with Gasteiger partial charge in [-0.25, -0.2) is 9.38 Å². The van der Waals surface area contributed by atoms with Crippen molar-refractivity contribution in [2.75, 3.05) is 0 Å². The number of para-hydroxylation sites is 3. The van der Waals surface area contributed by atoms with Gasteiger partial charge in [-0.1, -0.05) is 54.6 Å². The Morgan fingerprint density at radius 3 is 2.28 bits per heavy atom. The van der Waals surface area contributed by atoms with Crippen LogP contribution in [0.5, 0.6) is 0 Å². The van der Waals surface area contributed by atoms with Gasteiger partial charge in [0.15, 0.2) is 0 Å². The van der Waals surface area contributed by atoms with Crippen molar-refractivity contribution in [1.82, 2.24) is 14.0 Å². The highest BCUT2D eigenvalue weighted by Gasteiger charge is 2.15. The van der Waals surface area contributed by atoms with E-state index in [0.717, 1.165) is 16.6 Å². The smallest absolute Gasteiger partial charge is 0.267 e. The van der Waals surface area contributed by atoms with Gasteiger partial charge in [-0.3, -0.25) is 4.79 Å². The van der Waals surface area contributed by atoms with E-state index in [9.17, 15) is 4.79 Å². The lowest BCUT2D eigenvalue weighted by Crippen LogP contribution is -2.15. The maximum Gasteiger partial charge on any atom is 0.267 e. The summed E-state index contributed by atoms with van der Waals surface area (Å²) in [6.45, 7) is 0.669. The van der Waals surface area contributed by atoms with Crippen LogP contribution in [0, 0.1) is 0 Å². The molecule has 25 heavy (non-hydrogen) atoms. The maximum absolute atomic E-state index is 13.1. The van der Waals surface area contributed by atoms with Crippen LogP contribution in [0.3, 0.4) is 0 Å². The molecule has 4 heteroatoms. The summed E-state index contributed by atoms with van der Waals surface area (Å²) in [5.74, 6) is 0.675. The molecule has 0 radical (unpaired) electrons. The minimum absolute atomic E-state index is 0.0244. The molecule has 0 atom stereocenters. The SMILES string of the molecule is O=c1c2ccccc2nc2n(Cc3ccccc3)c3ccccc3n12. The molecule has 0 amide bonds. The number of hydrogen-bond acceptors (Lipinski definition) is 2. The Hall–Kier alpha value is -3.40. The highest BCUT2D eigenvalue weighted by atomic mass is 16.1. The van der Waals surface area contributed by atoms with Crippen molar-refractivity contribution in [3.05, 3.63) is 94.8 Å². The van der Waals surface area contributed by atoms with Crippen LogP contribution in [0.2, 0.25) is 0 Å². The molecule has 0 aliphatic heterocycles. The lowest BCUT2D eigenvalue weighted by atomic mass is 10.2. The van der Waals surface area contributed by atoms with Gasteiger partial charge in [0.25, 0.3) is 5.56 Å². The summed E-state index contributed by atoms with van der Waals surface area (Å²) >= 11 is 0. The molecule has 0 aliphatic rings. The summed E-state index contributed by atoms with van der Waals surface area (Å²) < 4.78 is 3.83. The topological polar surface area (TPSA) is 39.3 Å². The molecule has 2 aromatic heterocycles. The number of fused-ring (bicyclic) bond motifs is 4. The van der Waals surface area contributed by atoms with Gasteiger partial charge in [0, 0.05) is 0 Å². The van der Waals surface area contributed by atoms with Crippen LogP contribution in [0.15, 0.2) is 83.7 Å². The van der Waals surface area contributed by atoms with Gasteiger partial charge >= 0.3 is 0 Å². The molecule has 0 saturated heterocycles. The summed E-state index contributed by atoms with van der Waals surface area (Å²) in [4.78, 5) is 17.9. The van der Waals surface area contributed by atoms with Crippen molar-refractivity contribution < 1.29 is 0 Å². The lowest BCUT2D eigenvalue weighted by molar-refractivity contribution is 0.838. The van der Waals surface area contributed by atoms with Crippen LogP contribution in [0.25, 0.3) is 27.7 Å². The summed E-state index contributed by atoms with van der Waals surface area (Å²) in [6.07, 6.45) is 0. The van der Waals surface area contributed by atoms with Gasteiger partial charge in [-0.2, -0.15) is 0 Å². The predicted octanol–water partition coefficient (Wildman–Crippen LogP) is 3.85. The Bertz CT molecular complexity index is 1280. The van der Waals surface area contributed by atoms with Crippen molar-refractivity contribution >= 4 is 27.7 Å². The quantitative estimate of drug-likeness (QED) is 0.494. The fourth-order valence-electron chi connectivity index (χ4n) is 3.43. The van der Waals surface area contributed by atoms with Crippen LogP contribution in [0.1, 0.15) is 5.56 Å². The van der Waals surface area contributed by atoms with E-state index in [1.807, 2.05) is 66.7 Å². The molecule has 0 fully saturated rings. The largest absolute Gasteiger partial charge is 0.305 e.